The Labute approximate surface area is 169 Å². The van der Waals surface area contributed by atoms with Crippen molar-refractivity contribution >= 4 is 53.2 Å². The van der Waals surface area contributed by atoms with E-state index in [1.54, 1.807) is 18.2 Å². The van der Waals surface area contributed by atoms with Crippen molar-refractivity contribution in [2.45, 2.75) is 25.3 Å². The lowest BCUT2D eigenvalue weighted by atomic mass is 10.1. The Morgan fingerprint density at radius 1 is 1.31 bits per heavy atom. The number of carboxylic acids is 1. The number of carbonyl (C=O) groups excluding carboxylic acids is 1. The second kappa shape index (κ2) is 10.9. The zero-order valence-corrected chi connectivity index (χ0v) is 16.9. The summed E-state index contributed by atoms with van der Waals surface area (Å²) < 4.78 is 0. The molecule has 9 heteroatoms. The van der Waals surface area contributed by atoms with E-state index in [0.717, 1.165) is 32.4 Å². The SMILES string of the molecule is CN(CC(=O)O)C1CCCN(CC(=O)Nc2cccc(Cl)c2Cl)CC1.Cl. The summed E-state index contributed by atoms with van der Waals surface area (Å²) in [6.45, 7) is 1.88. The number of nitrogens with one attached hydrogen (secondary N) is 1. The van der Waals surface area contributed by atoms with Gasteiger partial charge in [0.2, 0.25) is 5.91 Å². The average molecular weight is 425 g/mol. The fourth-order valence-corrected chi connectivity index (χ4v) is 3.42. The minimum absolute atomic E-state index is 0. The van der Waals surface area contributed by atoms with E-state index in [2.05, 4.69) is 10.2 Å². The van der Waals surface area contributed by atoms with Crippen LogP contribution in [-0.2, 0) is 9.59 Å². The van der Waals surface area contributed by atoms with Gasteiger partial charge in [0.15, 0.2) is 0 Å². The predicted molar refractivity (Wildman–Crippen MR) is 107 cm³/mol. The number of likely N-dealkylation sites (N-methyl/N-ethyl adjacent to an activating group) is 1. The third kappa shape index (κ3) is 6.93. The first kappa shape index (κ1) is 23.0. The number of carboxylic acid groups (broad SMARTS) is 1. The lowest BCUT2D eigenvalue weighted by Crippen LogP contribution is -2.37. The molecule has 1 aliphatic rings. The van der Waals surface area contributed by atoms with Gasteiger partial charge in [-0.25, -0.2) is 0 Å². The molecule has 1 fully saturated rings. The normalized spacial score (nSPS) is 18.1. The van der Waals surface area contributed by atoms with Gasteiger partial charge in [0.25, 0.3) is 0 Å². The average Bonchev–Trinajstić information content (AvgIpc) is 2.77. The molecule has 6 nitrogen and oxygen atoms in total. The summed E-state index contributed by atoms with van der Waals surface area (Å²) >= 11 is 12.0. The number of halogens is 3. The van der Waals surface area contributed by atoms with Gasteiger partial charge < -0.3 is 10.4 Å². The Morgan fingerprint density at radius 3 is 2.73 bits per heavy atom. The van der Waals surface area contributed by atoms with Crippen LogP contribution in [0.2, 0.25) is 10.0 Å². The van der Waals surface area contributed by atoms with Gasteiger partial charge in [0.05, 0.1) is 28.8 Å². The summed E-state index contributed by atoms with van der Waals surface area (Å²) in [4.78, 5) is 27.1. The van der Waals surface area contributed by atoms with Gasteiger partial charge >= 0.3 is 5.97 Å². The van der Waals surface area contributed by atoms with Crippen LogP contribution >= 0.6 is 35.6 Å². The summed E-state index contributed by atoms with van der Waals surface area (Å²) in [5.41, 5.74) is 0.507. The topological polar surface area (TPSA) is 72.9 Å². The lowest BCUT2D eigenvalue weighted by molar-refractivity contribution is -0.138. The molecule has 2 rings (SSSR count). The molecule has 1 aromatic carbocycles. The van der Waals surface area contributed by atoms with Crippen molar-refractivity contribution in [1.29, 1.82) is 0 Å². The summed E-state index contributed by atoms with van der Waals surface area (Å²) in [6.07, 6.45) is 2.71. The van der Waals surface area contributed by atoms with Crippen molar-refractivity contribution in [2.24, 2.45) is 0 Å². The van der Waals surface area contributed by atoms with E-state index in [-0.39, 0.29) is 37.4 Å². The fraction of sp³-hybridized carbons (Fsp3) is 0.529. The summed E-state index contributed by atoms with van der Waals surface area (Å²) in [5, 5.41) is 12.4. The molecule has 1 atom stereocenters. The molecule has 146 valence electrons. The van der Waals surface area contributed by atoms with Crippen LogP contribution in [0.4, 0.5) is 5.69 Å². The zero-order chi connectivity index (χ0) is 18.4. The molecule has 1 amide bonds. The largest absolute Gasteiger partial charge is 0.480 e. The van der Waals surface area contributed by atoms with Gasteiger partial charge in [-0.2, -0.15) is 0 Å². The second-order valence-corrected chi connectivity index (χ2v) is 7.10. The Morgan fingerprint density at radius 2 is 2.04 bits per heavy atom. The molecule has 0 radical (unpaired) electrons. The number of benzene rings is 1. The Bertz CT molecular complexity index is 631. The zero-order valence-electron chi connectivity index (χ0n) is 14.6. The van der Waals surface area contributed by atoms with Gasteiger partial charge in [-0.3, -0.25) is 19.4 Å². The van der Waals surface area contributed by atoms with E-state index in [0.29, 0.717) is 15.7 Å². The molecule has 0 spiro atoms. The van der Waals surface area contributed by atoms with Gasteiger partial charge in [-0.15, -0.1) is 12.4 Å². The highest BCUT2D eigenvalue weighted by Crippen LogP contribution is 2.29. The molecule has 0 bridgehead atoms. The maximum atomic E-state index is 12.3. The summed E-state index contributed by atoms with van der Waals surface area (Å²) in [7, 11) is 1.84. The molecule has 1 saturated heterocycles. The highest BCUT2D eigenvalue weighted by atomic mass is 35.5. The third-order valence-electron chi connectivity index (χ3n) is 4.39. The number of anilines is 1. The van der Waals surface area contributed by atoms with Crippen LogP contribution in [0.3, 0.4) is 0 Å². The fourth-order valence-electron chi connectivity index (χ4n) is 3.07. The molecule has 1 aromatic rings. The summed E-state index contributed by atoms with van der Waals surface area (Å²) in [5.74, 6) is -0.956. The van der Waals surface area contributed by atoms with E-state index in [4.69, 9.17) is 28.3 Å². The number of hydrogen-bond donors (Lipinski definition) is 2. The highest BCUT2D eigenvalue weighted by molar-refractivity contribution is 6.44. The first-order valence-corrected chi connectivity index (χ1v) is 9.00. The smallest absolute Gasteiger partial charge is 0.317 e. The van der Waals surface area contributed by atoms with E-state index >= 15 is 0 Å². The molecular weight excluding hydrogens is 401 g/mol. The monoisotopic (exact) mass is 423 g/mol. The molecule has 1 heterocycles. The Kier molecular flexibility index (Phi) is 9.68. The van der Waals surface area contributed by atoms with Crippen LogP contribution in [0.5, 0.6) is 0 Å². The number of hydrogen-bond acceptors (Lipinski definition) is 4. The molecule has 1 unspecified atom stereocenters. The number of nitrogens with zero attached hydrogens (tertiary/aromatic N) is 2. The molecule has 0 aromatic heterocycles. The van der Waals surface area contributed by atoms with Crippen molar-refractivity contribution in [3.8, 4) is 0 Å². The number of aliphatic carboxylic acids is 1. The Hall–Kier alpha value is -1.05. The maximum absolute atomic E-state index is 12.3. The van der Waals surface area contributed by atoms with Gasteiger partial charge in [-0.05, 0) is 45.0 Å². The number of carbonyl (C=O) groups is 2. The standard InChI is InChI=1S/C17H23Cl2N3O3.ClH/c1-21(11-16(24)25)12-4-3-8-22(9-7-12)10-15(23)20-14-6-2-5-13(18)17(14)19;/h2,5-6,12H,3-4,7-11H2,1H3,(H,20,23)(H,24,25);1H. The van der Waals surface area contributed by atoms with Gasteiger partial charge in [-0.1, -0.05) is 29.3 Å². The van der Waals surface area contributed by atoms with Crippen molar-refractivity contribution in [3.05, 3.63) is 28.2 Å². The van der Waals surface area contributed by atoms with Crippen LogP contribution in [0.25, 0.3) is 0 Å². The maximum Gasteiger partial charge on any atom is 0.317 e. The van der Waals surface area contributed by atoms with Crippen LogP contribution < -0.4 is 5.32 Å². The van der Waals surface area contributed by atoms with Gasteiger partial charge in [0, 0.05) is 12.6 Å². The summed E-state index contributed by atoms with van der Waals surface area (Å²) in [6, 6.07) is 5.35. The third-order valence-corrected chi connectivity index (χ3v) is 5.21. The first-order chi connectivity index (χ1) is 11.9. The molecule has 2 N–H and O–H groups in total. The molecule has 1 aliphatic heterocycles. The van der Waals surface area contributed by atoms with E-state index < -0.39 is 5.97 Å². The molecule has 26 heavy (non-hydrogen) atoms. The Balaban J connectivity index is 0.00000338. The van der Waals surface area contributed by atoms with E-state index in [1.165, 1.54) is 0 Å². The van der Waals surface area contributed by atoms with Crippen molar-refractivity contribution in [2.75, 3.05) is 38.5 Å². The van der Waals surface area contributed by atoms with Crippen LogP contribution in [0.15, 0.2) is 18.2 Å². The van der Waals surface area contributed by atoms with Gasteiger partial charge in [0.1, 0.15) is 0 Å². The van der Waals surface area contributed by atoms with Crippen molar-refractivity contribution in [3.63, 3.8) is 0 Å². The second-order valence-electron chi connectivity index (χ2n) is 6.32. The van der Waals surface area contributed by atoms with Crippen molar-refractivity contribution < 1.29 is 14.7 Å². The minimum atomic E-state index is -0.818. The number of rotatable bonds is 6. The highest BCUT2D eigenvalue weighted by Gasteiger charge is 2.22. The van der Waals surface area contributed by atoms with Crippen LogP contribution in [0, 0.1) is 0 Å². The molecule has 0 aliphatic carbocycles. The predicted octanol–water partition coefficient (Wildman–Crippen LogP) is 3.22. The molecule has 0 saturated carbocycles. The first-order valence-electron chi connectivity index (χ1n) is 8.25. The lowest BCUT2D eigenvalue weighted by Gasteiger charge is -2.25. The van der Waals surface area contributed by atoms with E-state index in [9.17, 15) is 9.59 Å². The van der Waals surface area contributed by atoms with Crippen LogP contribution in [-0.4, -0.2) is 66.1 Å². The quantitative estimate of drug-likeness (QED) is 0.733. The number of likely N-dealkylation sites (tertiary alicyclic amines) is 1. The molecular formula is C17H24Cl3N3O3. The van der Waals surface area contributed by atoms with E-state index in [1.807, 2.05) is 11.9 Å². The minimum Gasteiger partial charge on any atom is -0.480 e. The van der Waals surface area contributed by atoms with Crippen LogP contribution in [0.1, 0.15) is 19.3 Å². The number of amides is 1. The van der Waals surface area contributed by atoms with Crippen molar-refractivity contribution in [1.82, 2.24) is 9.80 Å².